The Labute approximate surface area is 164 Å². The predicted octanol–water partition coefficient (Wildman–Crippen LogP) is 5.79. The van der Waals surface area contributed by atoms with Crippen molar-refractivity contribution in [3.63, 3.8) is 0 Å². The van der Waals surface area contributed by atoms with Crippen molar-refractivity contribution in [2.45, 2.75) is 13.5 Å². The predicted molar refractivity (Wildman–Crippen MR) is 110 cm³/mol. The van der Waals surface area contributed by atoms with Crippen molar-refractivity contribution in [1.82, 2.24) is 4.98 Å². The van der Waals surface area contributed by atoms with Crippen LogP contribution in [0.15, 0.2) is 75.8 Å². The van der Waals surface area contributed by atoms with Crippen molar-refractivity contribution in [2.24, 2.45) is 0 Å². The largest absolute Gasteiger partial charge is 0.467 e. The molecule has 6 heteroatoms. The number of rotatable bonds is 4. The number of carbonyl (C=O) groups is 1. The molecule has 5 rings (SSSR count). The van der Waals surface area contributed by atoms with Crippen molar-refractivity contribution < 1.29 is 13.6 Å². The van der Waals surface area contributed by atoms with E-state index in [0.717, 1.165) is 21.2 Å². The fourth-order valence-corrected chi connectivity index (χ4v) is 4.20. The van der Waals surface area contributed by atoms with Gasteiger partial charge in [-0.15, -0.1) is 0 Å². The number of hydrogen-bond acceptors (Lipinski definition) is 5. The van der Waals surface area contributed by atoms with Gasteiger partial charge >= 0.3 is 0 Å². The zero-order valence-electron chi connectivity index (χ0n) is 15.1. The first-order chi connectivity index (χ1) is 13.7. The summed E-state index contributed by atoms with van der Waals surface area (Å²) in [6.07, 6.45) is 1.60. The van der Waals surface area contributed by atoms with Crippen molar-refractivity contribution in [3.05, 3.63) is 84.0 Å². The summed E-state index contributed by atoms with van der Waals surface area (Å²) >= 11 is 1.48. The quantitative estimate of drug-likeness (QED) is 0.391. The maximum absolute atomic E-state index is 13.3. The number of para-hydroxylation sites is 1. The lowest BCUT2D eigenvalue weighted by atomic mass is 10.2. The molecule has 0 bridgehead atoms. The molecule has 0 aliphatic carbocycles. The Bertz CT molecular complexity index is 1250. The van der Waals surface area contributed by atoms with Gasteiger partial charge in [0, 0.05) is 5.39 Å². The highest BCUT2D eigenvalue weighted by molar-refractivity contribution is 7.22. The van der Waals surface area contributed by atoms with Gasteiger partial charge in [-0.25, -0.2) is 4.98 Å². The van der Waals surface area contributed by atoms with Crippen molar-refractivity contribution in [2.75, 3.05) is 4.90 Å². The smallest absolute Gasteiger partial charge is 0.296 e. The van der Waals surface area contributed by atoms with Crippen LogP contribution in [0.2, 0.25) is 0 Å². The maximum atomic E-state index is 13.3. The molecule has 3 aromatic heterocycles. The van der Waals surface area contributed by atoms with Gasteiger partial charge in [0.15, 0.2) is 10.9 Å². The van der Waals surface area contributed by atoms with Crippen LogP contribution in [0.25, 0.3) is 21.2 Å². The number of furan rings is 2. The fourth-order valence-electron chi connectivity index (χ4n) is 3.14. The molecule has 0 radical (unpaired) electrons. The van der Waals surface area contributed by atoms with Gasteiger partial charge in [-0.2, -0.15) is 0 Å². The number of aryl methyl sites for hydroxylation is 1. The molecular weight excluding hydrogens is 372 g/mol. The third-order valence-corrected chi connectivity index (χ3v) is 5.58. The zero-order chi connectivity index (χ0) is 19.1. The van der Waals surface area contributed by atoms with E-state index in [1.54, 1.807) is 23.3 Å². The number of aromatic nitrogens is 1. The number of thiazole rings is 1. The number of fused-ring (bicyclic) bond motifs is 2. The van der Waals surface area contributed by atoms with E-state index in [0.29, 0.717) is 16.5 Å². The monoisotopic (exact) mass is 388 g/mol. The fraction of sp³-hybridized carbons (Fsp3) is 0.0909. The Morgan fingerprint density at radius 2 is 2.00 bits per heavy atom. The molecule has 3 heterocycles. The molecule has 138 valence electrons. The molecule has 5 nitrogen and oxygen atoms in total. The van der Waals surface area contributed by atoms with Crippen LogP contribution in [-0.4, -0.2) is 10.9 Å². The molecule has 0 spiro atoms. The molecule has 0 N–H and O–H groups in total. The van der Waals surface area contributed by atoms with Crippen LogP contribution in [0.4, 0.5) is 5.13 Å². The summed E-state index contributed by atoms with van der Waals surface area (Å²) in [6.45, 7) is 2.32. The van der Waals surface area contributed by atoms with Gasteiger partial charge in [0.1, 0.15) is 11.3 Å². The van der Waals surface area contributed by atoms with Crippen LogP contribution in [0.5, 0.6) is 0 Å². The number of nitrogens with zero attached hydrogens (tertiary/aromatic N) is 2. The lowest BCUT2D eigenvalue weighted by Gasteiger charge is -2.17. The van der Waals surface area contributed by atoms with Crippen LogP contribution >= 0.6 is 11.3 Å². The molecular formula is C22H16N2O3S. The van der Waals surface area contributed by atoms with E-state index < -0.39 is 0 Å². The summed E-state index contributed by atoms with van der Waals surface area (Å²) in [5.41, 5.74) is 2.71. The van der Waals surface area contributed by atoms with Gasteiger partial charge in [-0.05, 0) is 48.9 Å². The highest BCUT2D eigenvalue weighted by Crippen LogP contribution is 2.32. The summed E-state index contributed by atoms with van der Waals surface area (Å²) in [7, 11) is 0. The third kappa shape index (κ3) is 2.97. The molecule has 0 aliphatic rings. The summed E-state index contributed by atoms with van der Waals surface area (Å²) in [6, 6.07) is 19.1. The number of benzene rings is 2. The Kier molecular flexibility index (Phi) is 3.98. The summed E-state index contributed by atoms with van der Waals surface area (Å²) in [4.78, 5) is 19.6. The van der Waals surface area contributed by atoms with Gasteiger partial charge in [0.25, 0.3) is 5.91 Å². The van der Waals surface area contributed by atoms with Crippen LogP contribution < -0.4 is 4.90 Å². The zero-order valence-corrected chi connectivity index (χ0v) is 15.9. The molecule has 28 heavy (non-hydrogen) atoms. The van der Waals surface area contributed by atoms with Crippen LogP contribution in [0, 0.1) is 6.92 Å². The molecule has 0 fully saturated rings. The number of anilines is 1. The second kappa shape index (κ2) is 6.65. The van der Waals surface area contributed by atoms with Gasteiger partial charge in [-0.3, -0.25) is 9.69 Å². The minimum absolute atomic E-state index is 0.247. The highest BCUT2D eigenvalue weighted by atomic mass is 32.1. The SMILES string of the molecule is Cc1ccc2nc(N(Cc3ccco3)C(=O)c3cc4ccccc4o3)sc2c1. The Morgan fingerprint density at radius 1 is 1.11 bits per heavy atom. The molecule has 0 atom stereocenters. The Hall–Kier alpha value is -3.38. The molecule has 1 amide bonds. The van der Waals surface area contributed by atoms with Crippen molar-refractivity contribution in [3.8, 4) is 0 Å². The molecule has 5 aromatic rings. The van der Waals surface area contributed by atoms with Gasteiger partial charge in [0.05, 0.1) is 23.0 Å². The molecule has 0 aliphatic heterocycles. The van der Waals surface area contributed by atoms with Crippen molar-refractivity contribution in [1.29, 1.82) is 0 Å². The van der Waals surface area contributed by atoms with Crippen LogP contribution in [-0.2, 0) is 6.54 Å². The van der Waals surface area contributed by atoms with E-state index in [9.17, 15) is 4.79 Å². The standard InChI is InChI=1S/C22H16N2O3S/c1-14-8-9-17-20(11-14)28-22(23-17)24(13-16-6-4-10-26-16)21(25)19-12-15-5-2-3-7-18(15)27-19/h2-12H,13H2,1H3. The first-order valence-corrected chi connectivity index (χ1v) is 9.69. The summed E-state index contributed by atoms with van der Waals surface area (Å²) < 4.78 is 12.3. The normalized spacial score (nSPS) is 11.3. The molecule has 0 saturated carbocycles. The minimum Gasteiger partial charge on any atom is -0.467 e. The number of carbonyl (C=O) groups excluding carboxylic acids is 1. The van der Waals surface area contributed by atoms with E-state index in [1.807, 2.05) is 49.4 Å². The van der Waals surface area contributed by atoms with E-state index in [4.69, 9.17) is 8.83 Å². The second-order valence-electron chi connectivity index (χ2n) is 6.59. The van der Waals surface area contributed by atoms with E-state index in [2.05, 4.69) is 11.1 Å². The maximum Gasteiger partial charge on any atom is 0.296 e. The van der Waals surface area contributed by atoms with Gasteiger partial charge < -0.3 is 8.83 Å². The minimum atomic E-state index is -0.247. The Morgan fingerprint density at radius 3 is 2.82 bits per heavy atom. The van der Waals surface area contributed by atoms with Gasteiger partial charge in [0.2, 0.25) is 0 Å². The first-order valence-electron chi connectivity index (χ1n) is 8.87. The van der Waals surface area contributed by atoms with Crippen LogP contribution in [0.3, 0.4) is 0 Å². The lowest BCUT2D eigenvalue weighted by molar-refractivity contribution is 0.0958. The topological polar surface area (TPSA) is 59.5 Å². The number of amides is 1. The highest BCUT2D eigenvalue weighted by Gasteiger charge is 2.25. The molecule has 0 saturated heterocycles. The first kappa shape index (κ1) is 16.8. The third-order valence-electron chi connectivity index (χ3n) is 4.54. The summed E-state index contributed by atoms with van der Waals surface area (Å²) in [5, 5.41) is 1.51. The van der Waals surface area contributed by atoms with E-state index in [-0.39, 0.29) is 18.2 Å². The average Bonchev–Trinajstić information content (AvgIpc) is 3.43. The van der Waals surface area contributed by atoms with Gasteiger partial charge in [-0.1, -0.05) is 35.6 Å². The second-order valence-corrected chi connectivity index (χ2v) is 7.60. The number of hydrogen-bond donors (Lipinski definition) is 0. The van der Waals surface area contributed by atoms with Crippen molar-refractivity contribution >= 4 is 43.6 Å². The van der Waals surface area contributed by atoms with Crippen LogP contribution in [0.1, 0.15) is 21.9 Å². The lowest BCUT2D eigenvalue weighted by Crippen LogP contribution is -2.29. The molecule has 2 aromatic carbocycles. The summed E-state index contributed by atoms with van der Waals surface area (Å²) in [5.74, 6) is 0.714. The average molecular weight is 388 g/mol. The van der Waals surface area contributed by atoms with E-state index >= 15 is 0 Å². The Balaban J connectivity index is 1.59. The van der Waals surface area contributed by atoms with E-state index in [1.165, 1.54) is 11.3 Å². The molecule has 0 unspecified atom stereocenters.